The first kappa shape index (κ1) is 39.8. The van der Waals surface area contributed by atoms with Gasteiger partial charge in [0.15, 0.2) is 11.5 Å². The summed E-state index contributed by atoms with van der Waals surface area (Å²) in [5, 5.41) is 37.7. The first-order valence-corrected chi connectivity index (χ1v) is 20.7. The lowest BCUT2D eigenvalue weighted by atomic mass is 9.61. The van der Waals surface area contributed by atoms with Crippen molar-refractivity contribution in [3.8, 4) is 11.5 Å². The predicted octanol–water partition coefficient (Wildman–Crippen LogP) is 5.42. The number of carbonyl (C=O) groups excluding carboxylic acids is 3. The molecule has 0 radical (unpaired) electrons. The average molecular weight is 741 g/mol. The zero-order valence-corrected chi connectivity index (χ0v) is 32.1. The highest BCUT2D eigenvalue weighted by Gasteiger charge is 2.60. The van der Waals surface area contributed by atoms with Crippen LogP contribution in [0.15, 0.2) is 12.1 Å². The molecule has 2 saturated carbocycles. The van der Waals surface area contributed by atoms with Crippen LogP contribution in [0, 0.1) is 22.7 Å². The number of fused-ring (bicyclic) bond motifs is 2. The SMILES string of the molecule is CC(=O)O[C@@H](C[C@@H](OC(=O)[C@@]12CCCC[C@@H]1CC1(CCCC1)C(=O)N2)C1(Cc2ccc(O)c3c2CCCO3)CCNCC1)[C@@H](CCCO)CC[C@H](C)O. The summed E-state index contributed by atoms with van der Waals surface area (Å²) in [6.45, 7) is 5.11. The van der Waals surface area contributed by atoms with Crippen molar-refractivity contribution in [3.63, 3.8) is 0 Å². The number of amides is 1. The summed E-state index contributed by atoms with van der Waals surface area (Å²) < 4.78 is 19.1. The van der Waals surface area contributed by atoms with Gasteiger partial charge in [-0.2, -0.15) is 0 Å². The van der Waals surface area contributed by atoms with Crippen LogP contribution >= 0.6 is 0 Å². The van der Waals surface area contributed by atoms with Gasteiger partial charge in [-0.25, -0.2) is 4.79 Å². The molecule has 0 aromatic heterocycles. The largest absolute Gasteiger partial charge is 0.504 e. The second kappa shape index (κ2) is 17.3. The zero-order chi connectivity index (χ0) is 37.6. The molecule has 3 aliphatic heterocycles. The molecule has 296 valence electrons. The minimum absolute atomic E-state index is 0.00181. The minimum atomic E-state index is -1.10. The molecule has 1 amide bonds. The maximum Gasteiger partial charge on any atom is 0.332 e. The van der Waals surface area contributed by atoms with E-state index < -0.39 is 40.7 Å². The zero-order valence-electron chi connectivity index (χ0n) is 32.1. The van der Waals surface area contributed by atoms with E-state index in [1.165, 1.54) is 6.92 Å². The molecule has 4 fully saturated rings. The van der Waals surface area contributed by atoms with Crippen molar-refractivity contribution < 1.29 is 43.9 Å². The number of aromatic hydroxyl groups is 1. The Hall–Kier alpha value is -2.89. The third-order valence-corrected chi connectivity index (χ3v) is 13.7. The molecule has 2 aliphatic carbocycles. The summed E-state index contributed by atoms with van der Waals surface area (Å²) in [6.07, 6.45) is 12.0. The molecule has 2 saturated heterocycles. The molecule has 0 bridgehead atoms. The van der Waals surface area contributed by atoms with E-state index in [9.17, 15) is 24.9 Å². The molecule has 11 heteroatoms. The van der Waals surface area contributed by atoms with Crippen LogP contribution in [0.4, 0.5) is 0 Å². The number of aliphatic hydroxyl groups is 2. The van der Waals surface area contributed by atoms with E-state index in [1.807, 2.05) is 6.07 Å². The fourth-order valence-corrected chi connectivity index (χ4v) is 10.7. The number of hydrogen-bond donors (Lipinski definition) is 5. The van der Waals surface area contributed by atoms with E-state index in [0.717, 1.165) is 68.9 Å². The van der Waals surface area contributed by atoms with Crippen LogP contribution in [0.25, 0.3) is 0 Å². The monoisotopic (exact) mass is 740 g/mol. The van der Waals surface area contributed by atoms with Gasteiger partial charge in [0.1, 0.15) is 17.7 Å². The van der Waals surface area contributed by atoms with E-state index in [-0.39, 0.29) is 42.5 Å². The van der Waals surface area contributed by atoms with Gasteiger partial charge in [-0.1, -0.05) is 31.7 Å². The summed E-state index contributed by atoms with van der Waals surface area (Å²) in [5.41, 5.74) is -0.00899. The maximum atomic E-state index is 15.1. The maximum absolute atomic E-state index is 15.1. The molecule has 1 aromatic rings. The number of ether oxygens (including phenoxy) is 3. The van der Waals surface area contributed by atoms with Crippen molar-refractivity contribution in [2.45, 2.75) is 160 Å². The molecule has 6 rings (SSSR count). The number of aliphatic hydroxyl groups excluding tert-OH is 2. The minimum Gasteiger partial charge on any atom is -0.504 e. The molecule has 1 aromatic carbocycles. The van der Waals surface area contributed by atoms with Gasteiger partial charge in [0, 0.05) is 36.3 Å². The lowest BCUT2D eigenvalue weighted by molar-refractivity contribution is -0.182. The van der Waals surface area contributed by atoms with Crippen LogP contribution in [0.2, 0.25) is 0 Å². The molecule has 11 nitrogen and oxygen atoms in total. The number of benzene rings is 1. The Bertz CT molecular complexity index is 1440. The summed E-state index contributed by atoms with van der Waals surface area (Å²) in [7, 11) is 0. The number of phenols is 1. The first-order chi connectivity index (χ1) is 25.5. The summed E-state index contributed by atoms with van der Waals surface area (Å²) in [6, 6.07) is 3.67. The third-order valence-electron chi connectivity index (χ3n) is 13.7. The molecule has 5 aliphatic rings. The Morgan fingerprint density at radius 2 is 1.75 bits per heavy atom. The average Bonchev–Trinajstić information content (AvgIpc) is 3.62. The third kappa shape index (κ3) is 8.67. The lowest BCUT2D eigenvalue weighted by Gasteiger charge is -2.52. The molecule has 1 spiro atoms. The number of esters is 2. The normalized spacial score (nSPS) is 26.9. The number of piperidine rings is 2. The number of hydrogen-bond acceptors (Lipinski definition) is 10. The van der Waals surface area contributed by atoms with E-state index in [2.05, 4.69) is 10.6 Å². The molecule has 0 unspecified atom stereocenters. The number of nitrogens with one attached hydrogen (secondary N) is 2. The van der Waals surface area contributed by atoms with Gasteiger partial charge >= 0.3 is 11.9 Å². The Balaban J connectivity index is 1.40. The van der Waals surface area contributed by atoms with Crippen LogP contribution in [0.3, 0.4) is 0 Å². The van der Waals surface area contributed by atoms with Crippen molar-refractivity contribution in [3.05, 3.63) is 23.3 Å². The highest BCUT2D eigenvalue weighted by Crippen LogP contribution is 2.53. The predicted molar refractivity (Wildman–Crippen MR) is 199 cm³/mol. The fourth-order valence-electron chi connectivity index (χ4n) is 10.7. The van der Waals surface area contributed by atoms with Crippen molar-refractivity contribution in [1.82, 2.24) is 10.6 Å². The molecule has 6 atom stereocenters. The first-order valence-electron chi connectivity index (χ1n) is 20.7. The topological polar surface area (TPSA) is 164 Å². The lowest BCUT2D eigenvalue weighted by Crippen LogP contribution is -2.68. The Morgan fingerprint density at radius 3 is 2.47 bits per heavy atom. The molecule has 53 heavy (non-hydrogen) atoms. The van der Waals surface area contributed by atoms with Gasteiger partial charge in [-0.05, 0) is 133 Å². The van der Waals surface area contributed by atoms with E-state index in [1.54, 1.807) is 13.0 Å². The summed E-state index contributed by atoms with van der Waals surface area (Å²) >= 11 is 0. The quantitative estimate of drug-likeness (QED) is 0.147. The van der Waals surface area contributed by atoms with Crippen molar-refractivity contribution in [2.75, 3.05) is 26.3 Å². The van der Waals surface area contributed by atoms with Gasteiger partial charge in [0.2, 0.25) is 5.91 Å². The smallest absolute Gasteiger partial charge is 0.332 e. The van der Waals surface area contributed by atoms with Gasteiger partial charge < -0.3 is 40.2 Å². The fraction of sp³-hybridized carbons (Fsp3) is 0.786. The van der Waals surface area contributed by atoms with Gasteiger partial charge in [0.25, 0.3) is 0 Å². The van der Waals surface area contributed by atoms with Gasteiger partial charge in [-0.15, -0.1) is 0 Å². The van der Waals surface area contributed by atoms with Crippen LogP contribution in [-0.2, 0) is 36.7 Å². The van der Waals surface area contributed by atoms with Crippen LogP contribution in [0.5, 0.6) is 11.5 Å². The number of rotatable bonds is 15. The van der Waals surface area contributed by atoms with Crippen LogP contribution in [0.1, 0.15) is 134 Å². The van der Waals surface area contributed by atoms with E-state index >= 15 is 4.79 Å². The molecule has 5 N–H and O–H groups in total. The van der Waals surface area contributed by atoms with Crippen molar-refractivity contribution in [2.24, 2.45) is 22.7 Å². The van der Waals surface area contributed by atoms with E-state index in [0.29, 0.717) is 83.2 Å². The van der Waals surface area contributed by atoms with Crippen molar-refractivity contribution >= 4 is 17.8 Å². The molecular formula is C42H64N2O9. The Morgan fingerprint density at radius 1 is 1.00 bits per heavy atom. The van der Waals surface area contributed by atoms with Gasteiger partial charge in [-0.3, -0.25) is 9.59 Å². The summed E-state index contributed by atoms with van der Waals surface area (Å²) in [5.74, 6) is -0.329. The summed E-state index contributed by atoms with van der Waals surface area (Å²) in [4.78, 5) is 41.9. The molecular weight excluding hydrogens is 676 g/mol. The number of phenolic OH excluding ortho intramolecular Hbond substituents is 1. The van der Waals surface area contributed by atoms with Crippen LogP contribution in [-0.4, -0.2) is 83.3 Å². The standard InChI is InChI=1S/C42H64N2O9/c1-28(46)12-13-30(9-7-23-45)35(52-29(2)47)25-36(40(19-21-43-22-20-40)26-31-14-15-34(48)37-33(31)11-8-24-51-37)53-39(50)42-18-4-3-10-32(42)27-41(38(49)44-42)16-5-6-17-41/h14-15,28,30,32,35-36,43,45-46,48H,3-13,16-27H2,1-2H3,(H,44,49)/t28-,30-,32+,35-,36+,42+/m0/s1. The number of carbonyl (C=O) groups is 3. The van der Waals surface area contributed by atoms with E-state index in [4.69, 9.17) is 14.2 Å². The Labute approximate surface area is 315 Å². The highest BCUT2D eigenvalue weighted by molar-refractivity contribution is 5.93. The second-order valence-electron chi connectivity index (χ2n) is 17.2. The van der Waals surface area contributed by atoms with Crippen LogP contribution < -0.4 is 15.4 Å². The van der Waals surface area contributed by atoms with Gasteiger partial charge in [0.05, 0.1) is 12.7 Å². The second-order valence-corrected chi connectivity index (χ2v) is 17.2. The molecule has 3 heterocycles. The Kier molecular flexibility index (Phi) is 13.0. The van der Waals surface area contributed by atoms with Crippen molar-refractivity contribution in [1.29, 1.82) is 0 Å². The highest BCUT2D eigenvalue weighted by atomic mass is 16.6.